The van der Waals surface area contributed by atoms with E-state index in [1.165, 1.54) is 0 Å². The van der Waals surface area contributed by atoms with E-state index in [2.05, 4.69) is 31.9 Å². The Bertz CT molecular complexity index is 2290. The Hall–Kier alpha value is -6.32. The summed E-state index contributed by atoms with van der Waals surface area (Å²) in [5, 5.41) is 26.4. The Morgan fingerprint density at radius 3 is 1.58 bits per heavy atom. The lowest BCUT2D eigenvalue weighted by atomic mass is 10.00. The number of carbonyl (C=O) groups excluding carboxylic acids is 2. The van der Waals surface area contributed by atoms with Crippen LogP contribution < -0.4 is 15.4 Å². The highest BCUT2D eigenvalue weighted by Gasteiger charge is 2.22. The Balaban J connectivity index is 0.000000152. The fraction of sp³-hybridized carbons (Fsp3) is 0.179. The van der Waals surface area contributed by atoms with E-state index in [0.717, 1.165) is 75.7 Å². The first-order valence-electron chi connectivity index (χ1n) is 15.9. The zero-order valence-corrected chi connectivity index (χ0v) is 26.4. The third-order valence-corrected chi connectivity index (χ3v) is 8.88. The third kappa shape index (κ3) is 5.52. The molecule has 2 aliphatic heterocycles. The number of fused-ring (bicyclic) bond motifs is 6. The van der Waals surface area contributed by atoms with Crippen LogP contribution in [-0.4, -0.2) is 41.1 Å². The van der Waals surface area contributed by atoms with E-state index in [0.29, 0.717) is 35.6 Å². The summed E-state index contributed by atoms with van der Waals surface area (Å²) in [7, 11) is 1.63. The first-order chi connectivity index (χ1) is 23.5. The van der Waals surface area contributed by atoms with Gasteiger partial charge in [0, 0.05) is 48.1 Å². The lowest BCUT2D eigenvalue weighted by molar-refractivity contribution is 0.0943. The maximum Gasteiger partial charge on any atom is 0.267 e. The molecule has 0 fully saturated rings. The average Bonchev–Trinajstić information content (AvgIpc) is 3.57. The van der Waals surface area contributed by atoms with E-state index in [1.807, 2.05) is 91.0 Å². The van der Waals surface area contributed by atoms with Gasteiger partial charge in [-0.3, -0.25) is 9.59 Å². The smallest absolute Gasteiger partial charge is 0.267 e. The largest absolute Gasteiger partial charge is 0.497 e. The second-order valence-electron chi connectivity index (χ2n) is 11.8. The lowest BCUT2D eigenvalue weighted by Gasteiger charge is -2.11. The predicted molar refractivity (Wildman–Crippen MR) is 185 cm³/mol. The number of hydrogen-bond acceptors (Lipinski definition) is 5. The maximum atomic E-state index is 12.3. The molecule has 6 aromatic rings. The number of rotatable bonds is 3. The minimum absolute atomic E-state index is 0.0452. The van der Waals surface area contributed by atoms with Crippen molar-refractivity contribution in [2.45, 2.75) is 25.9 Å². The van der Waals surface area contributed by atoms with Crippen molar-refractivity contribution in [1.29, 1.82) is 10.5 Å². The predicted octanol–water partition coefficient (Wildman–Crippen LogP) is 6.64. The molecule has 9 nitrogen and oxygen atoms in total. The molecule has 0 saturated carbocycles. The standard InChI is InChI=1S/C20H17N3O2.C19H15N3O/c1-25-16-5-3-14(4-6-16)17-10-13(12-21)9-15-11-18-20(24)22-7-2-8-23(18)19(15)17;20-12-13-9-15-11-17-19(23)21-7-4-8-22(17)18(15)16(10-13)14-5-2-1-3-6-14/h3-6,9-11H,2,7-8H2,1H3,(H,22,24);1-3,5-6,9-11H,4,7-8H2,(H,21,23). The summed E-state index contributed by atoms with van der Waals surface area (Å²) in [6.45, 7) is 2.94. The highest BCUT2D eigenvalue weighted by atomic mass is 16.5. The number of aryl methyl sites for hydroxylation is 2. The molecule has 2 aromatic heterocycles. The van der Waals surface area contributed by atoms with Gasteiger partial charge in [0.25, 0.3) is 11.8 Å². The molecule has 2 N–H and O–H groups in total. The number of hydrogen-bond donors (Lipinski definition) is 2. The van der Waals surface area contributed by atoms with Crippen molar-refractivity contribution in [3.8, 4) is 40.1 Å². The Morgan fingerprint density at radius 2 is 1.12 bits per heavy atom. The SMILES string of the molecule is COc1ccc(-c2cc(C#N)cc3cc4n(c23)CCCNC4=O)cc1.N#Cc1cc(-c2ccccc2)c2c(c1)cc1n2CCCNC1=O. The molecule has 0 unspecified atom stereocenters. The second kappa shape index (κ2) is 12.8. The normalized spacial score (nSPS) is 13.8. The molecule has 0 bridgehead atoms. The van der Waals surface area contributed by atoms with Gasteiger partial charge in [-0.25, -0.2) is 0 Å². The Morgan fingerprint density at radius 1 is 0.646 bits per heavy atom. The van der Waals surface area contributed by atoms with Gasteiger partial charge in [0.2, 0.25) is 0 Å². The first-order valence-corrected chi connectivity index (χ1v) is 15.9. The topological polar surface area (TPSA) is 125 Å². The molecule has 4 aromatic carbocycles. The van der Waals surface area contributed by atoms with Crippen LogP contribution in [0, 0.1) is 22.7 Å². The summed E-state index contributed by atoms with van der Waals surface area (Å²) < 4.78 is 9.39. The van der Waals surface area contributed by atoms with Gasteiger partial charge < -0.3 is 24.5 Å². The van der Waals surface area contributed by atoms with Crippen LogP contribution in [0.4, 0.5) is 0 Å². The lowest BCUT2D eigenvalue weighted by Crippen LogP contribution is -2.22. The quantitative estimate of drug-likeness (QED) is 0.226. The van der Waals surface area contributed by atoms with Crippen molar-refractivity contribution in [3.63, 3.8) is 0 Å². The number of methoxy groups -OCH3 is 1. The molecule has 0 spiro atoms. The van der Waals surface area contributed by atoms with Crippen LogP contribution in [0.3, 0.4) is 0 Å². The molecule has 2 aliphatic rings. The minimum atomic E-state index is -0.0621. The molecule has 4 heterocycles. The molecule has 8 rings (SSSR count). The fourth-order valence-electron chi connectivity index (χ4n) is 6.69. The molecule has 236 valence electrons. The fourth-order valence-corrected chi connectivity index (χ4v) is 6.69. The first kappa shape index (κ1) is 30.3. The van der Waals surface area contributed by atoms with Crippen LogP contribution in [0.5, 0.6) is 5.75 Å². The number of nitriles is 2. The van der Waals surface area contributed by atoms with E-state index >= 15 is 0 Å². The van der Waals surface area contributed by atoms with Crippen LogP contribution >= 0.6 is 0 Å². The number of aromatic nitrogens is 2. The van der Waals surface area contributed by atoms with Gasteiger partial charge >= 0.3 is 0 Å². The van der Waals surface area contributed by atoms with E-state index in [9.17, 15) is 20.1 Å². The van der Waals surface area contributed by atoms with Gasteiger partial charge in [-0.05, 0) is 72.5 Å². The van der Waals surface area contributed by atoms with E-state index in [4.69, 9.17) is 4.74 Å². The number of amides is 2. The Kier molecular flexibility index (Phi) is 8.10. The number of nitrogens with zero attached hydrogens (tertiary/aromatic N) is 4. The zero-order chi connectivity index (χ0) is 33.2. The maximum absolute atomic E-state index is 12.3. The van der Waals surface area contributed by atoms with Crippen molar-refractivity contribution in [1.82, 2.24) is 19.8 Å². The van der Waals surface area contributed by atoms with Gasteiger partial charge in [-0.1, -0.05) is 42.5 Å². The highest BCUT2D eigenvalue weighted by Crippen LogP contribution is 2.35. The van der Waals surface area contributed by atoms with Crippen LogP contribution in [0.1, 0.15) is 44.9 Å². The molecule has 0 aliphatic carbocycles. The number of benzene rings is 4. The summed E-state index contributed by atoms with van der Waals surface area (Å²) in [4.78, 5) is 24.6. The zero-order valence-electron chi connectivity index (χ0n) is 26.4. The molecule has 48 heavy (non-hydrogen) atoms. The van der Waals surface area contributed by atoms with E-state index in [1.54, 1.807) is 7.11 Å². The van der Waals surface area contributed by atoms with Crippen molar-refractivity contribution in [2.75, 3.05) is 20.2 Å². The second-order valence-corrected chi connectivity index (χ2v) is 11.8. The van der Waals surface area contributed by atoms with Gasteiger partial charge in [0.1, 0.15) is 17.1 Å². The molecule has 0 radical (unpaired) electrons. The number of carbonyl (C=O) groups is 2. The van der Waals surface area contributed by atoms with E-state index in [-0.39, 0.29) is 11.8 Å². The summed E-state index contributed by atoms with van der Waals surface area (Å²) in [6, 6.07) is 33.5. The molecule has 0 atom stereocenters. The highest BCUT2D eigenvalue weighted by molar-refractivity contribution is 6.05. The molecule has 0 saturated heterocycles. The van der Waals surface area contributed by atoms with Gasteiger partial charge in [-0.2, -0.15) is 10.5 Å². The van der Waals surface area contributed by atoms with Crippen molar-refractivity contribution >= 4 is 33.6 Å². The van der Waals surface area contributed by atoms with Gasteiger partial charge in [0.05, 0.1) is 41.4 Å². The van der Waals surface area contributed by atoms with Crippen LogP contribution in [-0.2, 0) is 13.1 Å². The van der Waals surface area contributed by atoms with Gasteiger partial charge in [-0.15, -0.1) is 0 Å². The number of nitrogens with one attached hydrogen (secondary N) is 2. The average molecular weight is 633 g/mol. The third-order valence-electron chi connectivity index (χ3n) is 8.88. The van der Waals surface area contributed by atoms with Crippen LogP contribution in [0.25, 0.3) is 44.1 Å². The molecule has 2 amide bonds. The van der Waals surface area contributed by atoms with Crippen molar-refractivity contribution in [2.24, 2.45) is 0 Å². The molecule has 9 heteroatoms. The monoisotopic (exact) mass is 632 g/mol. The summed E-state index contributed by atoms with van der Waals surface area (Å²) in [5.41, 5.74) is 8.55. The molecular weight excluding hydrogens is 600 g/mol. The van der Waals surface area contributed by atoms with Crippen LogP contribution in [0.2, 0.25) is 0 Å². The minimum Gasteiger partial charge on any atom is -0.497 e. The van der Waals surface area contributed by atoms with Gasteiger partial charge in [0.15, 0.2) is 0 Å². The Labute approximate surface area is 277 Å². The summed E-state index contributed by atoms with van der Waals surface area (Å²) in [6.07, 6.45) is 1.78. The summed E-state index contributed by atoms with van der Waals surface area (Å²) in [5.74, 6) is 0.675. The van der Waals surface area contributed by atoms with Crippen molar-refractivity contribution in [3.05, 3.63) is 114 Å². The van der Waals surface area contributed by atoms with Crippen LogP contribution in [0.15, 0.2) is 91.0 Å². The van der Waals surface area contributed by atoms with Crippen molar-refractivity contribution < 1.29 is 14.3 Å². The van der Waals surface area contributed by atoms with E-state index < -0.39 is 0 Å². The number of ether oxygens (including phenoxy) is 1. The molecular formula is C39H32N6O3. The summed E-state index contributed by atoms with van der Waals surface area (Å²) >= 11 is 0.